The highest BCUT2D eigenvalue weighted by atomic mass is 32.1. The highest BCUT2D eigenvalue weighted by Crippen LogP contribution is 2.42. The van der Waals surface area contributed by atoms with Gasteiger partial charge in [0.1, 0.15) is 10.5 Å². The molecule has 6 heteroatoms. The Morgan fingerprint density at radius 1 is 1.22 bits per heavy atom. The minimum Gasteiger partial charge on any atom is -0.335 e. The minimum atomic E-state index is -0.492. The molecule has 2 fully saturated rings. The van der Waals surface area contributed by atoms with E-state index in [2.05, 4.69) is 32.7 Å². The summed E-state index contributed by atoms with van der Waals surface area (Å²) in [5, 5.41) is 9.44. The largest absolute Gasteiger partial charge is 0.335 e. The second-order valence-electron chi connectivity index (χ2n) is 6.07. The molecule has 1 aromatic carbocycles. The van der Waals surface area contributed by atoms with Gasteiger partial charge < -0.3 is 15.5 Å². The van der Waals surface area contributed by atoms with Gasteiger partial charge in [0.25, 0.3) is 0 Å². The summed E-state index contributed by atoms with van der Waals surface area (Å²) in [4.78, 5) is 19.4. The Morgan fingerprint density at radius 3 is 2.70 bits per heavy atom. The Hall–Kier alpha value is -1.92. The number of thiazole rings is 1. The number of aromatic nitrogens is 1. The predicted octanol–water partition coefficient (Wildman–Crippen LogP) is 2.16. The highest BCUT2D eigenvalue weighted by Gasteiger charge is 2.52. The van der Waals surface area contributed by atoms with Crippen molar-refractivity contribution in [3.05, 3.63) is 52.5 Å². The molecule has 2 aliphatic rings. The van der Waals surface area contributed by atoms with Crippen molar-refractivity contribution in [3.63, 3.8) is 0 Å². The fraction of sp³-hybridized carbons (Fsp3) is 0.412. The maximum Gasteiger partial charge on any atom is 0.318 e. The number of carbonyl (C=O) groups is 1. The van der Waals surface area contributed by atoms with Crippen LogP contribution in [0.15, 0.2) is 41.9 Å². The average Bonchev–Trinajstić information content (AvgIpc) is 3.25. The van der Waals surface area contributed by atoms with E-state index in [0.717, 1.165) is 36.5 Å². The zero-order chi connectivity index (χ0) is 15.7. The van der Waals surface area contributed by atoms with Crippen molar-refractivity contribution in [2.75, 3.05) is 19.6 Å². The Labute approximate surface area is 139 Å². The molecule has 5 nitrogen and oxygen atoms in total. The average molecular weight is 328 g/mol. The third-order valence-electron chi connectivity index (χ3n) is 4.84. The zero-order valence-electron chi connectivity index (χ0n) is 12.9. The lowest BCUT2D eigenvalue weighted by Crippen LogP contribution is -2.53. The first kappa shape index (κ1) is 14.7. The molecule has 2 aliphatic heterocycles. The van der Waals surface area contributed by atoms with Gasteiger partial charge in [-0.15, -0.1) is 11.3 Å². The molecule has 120 valence electrons. The molecule has 23 heavy (non-hydrogen) atoms. The molecule has 2 N–H and O–H groups in total. The fourth-order valence-corrected chi connectivity index (χ4v) is 4.63. The first-order chi connectivity index (χ1) is 11.3. The van der Waals surface area contributed by atoms with E-state index in [0.29, 0.717) is 6.54 Å². The summed E-state index contributed by atoms with van der Waals surface area (Å²) >= 11 is 1.62. The number of rotatable bonds is 3. The Bertz CT molecular complexity index is 669. The van der Waals surface area contributed by atoms with E-state index in [9.17, 15) is 4.79 Å². The number of amides is 2. The van der Waals surface area contributed by atoms with E-state index in [4.69, 9.17) is 0 Å². The number of benzene rings is 1. The van der Waals surface area contributed by atoms with E-state index in [1.807, 2.05) is 29.8 Å². The van der Waals surface area contributed by atoms with Gasteiger partial charge in [-0.05, 0) is 31.5 Å². The molecule has 2 aromatic rings. The lowest BCUT2D eigenvalue weighted by Gasteiger charge is -2.42. The van der Waals surface area contributed by atoms with E-state index >= 15 is 0 Å². The molecule has 0 aliphatic carbocycles. The summed E-state index contributed by atoms with van der Waals surface area (Å²) in [6.45, 7) is 2.49. The molecule has 1 aromatic heterocycles. The molecule has 0 unspecified atom stereocenters. The van der Waals surface area contributed by atoms with Crippen LogP contribution >= 0.6 is 11.3 Å². The quantitative estimate of drug-likeness (QED) is 0.908. The molecule has 0 radical (unpaired) electrons. The first-order valence-electron chi connectivity index (χ1n) is 8.06. The van der Waals surface area contributed by atoms with E-state index in [1.54, 1.807) is 11.3 Å². The van der Waals surface area contributed by atoms with Crippen LogP contribution in [0.25, 0.3) is 0 Å². The molecule has 1 atom stereocenters. The molecular weight excluding hydrogens is 308 g/mol. The predicted molar refractivity (Wildman–Crippen MR) is 90.5 cm³/mol. The van der Waals surface area contributed by atoms with Crippen molar-refractivity contribution in [2.45, 2.75) is 24.4 Å². The van der Waals surface area contributed by atoms with Crippen molar-refractivity contribution in [3.8, 4) is 0 Å². The van der Waals surface area contributed by atoms with Gasteiger partial charge in [-0.2, -0.15) is 0 Å². The van der Waals surface area contributed by atoms with Crippen molar-refractivity contribution < 1.29 is 4.79 Å². The topological polar surface area (TPSA) is 57.3 Å². The van der Waals surface area contributed by atoms with Gasteiger partial charge in [0.15, 0.2) is 0 Å². The van der Waals surface area contributed by atoms with E-state index in [-0.39, 0.29) is 12.1 Å². The maximum atomic E-state index is 12.7. The summed E-state index contributed by atoms with van der Waals surface area (Å²) in [5.74, 6) is 0. The van der Waals surface area contributed by atoms with Crippen LogP contribution in [0, 0.1) is 0 Å². The summed E-state index contributed by atoms with van der Waals surface area (Å²) in [6.07, 6.45) is 3.79. The number of hydrogen-bond acceptors (Lipinski definition) is 4. The first-order valence-corrected chi connectivity index (χ1v) is 8.94. The van der Waals surface area contributed by atoms with Gasteiger partial charge in [-0.3, -0.25) is 0 Å². The van der Waals surface area contributed by atoms with E-state index in [1.165, 1.54) is 0 Å². The van der Waals surface area contributed by atoms with Gasteiger partial charge in [0.05, 0.1) is 6.54 Å². The molecule has 3 heterocycles. The van der Waals surface area contributed by atoms with E-state index < -0.39 is 5.54 Å². The normalized spacial score (nSPS) is 25.6. The molecule has 2 saturated heterocycles. The number of carbonyl (C=O) groups excluding carboxylic acids is 1. The minimum absolute atomic E-state index is 0.0240. The zero-order valence-corrected chi connectivity index (χ0v) is 13.7. The van der Waals surface area contributed by atoms with Crippen LogP contribution < -0.4 is 10.6 Å². The summed E-state index contributed by atoms with van der Waals surface area (Å²) in [6, 6.07) is 10.6. The number of nitrogens with zero attached hydrogens (tertiary/aromatic N) is 2. The molecule has 4 rings (SSSR count). The van der Waals surface area contributed by atoms with Gasteiger partial charge >= 0.3 is 6.03 Å². The van der Waals surface area contributed by atoms with Crippen LogP contribution in [0.3, 0.4) is 0 Å². The smallest absolute Gasteiger partial charge is 0.318 e. The summed E-state index contributed by atoms with van der Waals surface area (Å²) in [7, 11) is 0. The van der Waals surface area contributed by atoms with Crippen molar-refractivity contribution in [1.29, 1.82) is 0 Å². The fourth-order valence-electron chi connectivity index (χ4n) is 3.77. The van der Waals surface area contributed by atoms with Gasteiger partial charge in [0, 0.05) is 17.6 Å². The number of nitrogens with one attached hydrogen (secondary N) is 2. The lowest BCUT2D eigenvalue weighted by atomic mass is 9.87. The summed E-state index contributed by atoms with van der Waals surface area (Å²) in [5.41, 5.74) is 0.640. The molecule has 0 saturated carbocycles. The van der Waals surface area contributed by atoms with Gasteiger partial charge in [0.2, 0.25) is 0 Å². The second-order valence-corrected chi connectivity index (χ2v) is 6.97. The van der Waals surface area contributed by atoms with Crippen LogP contribution in [0.5, 0.6) is 0 Å². The monoisotopic (exact) mass is 328 g/mol. The maximum absolute atomic E-state index is 12.7. The van der Waals surface area contributed by atoms with Crippen LogP contribution in [-0.2, 0) is 5.54 Å². The van der Waals surface area contributed by atoms with Crippen molar-refractivity contribution in [2.24, 2.45) is 0 Å². The molecule has 0 bridgehead atoms. The third-order valence-corrected chi connectivity index (χ3v) is 5.76. The van der Waals surface area contributed by atoms with Crippen molar-refractivity contribution >= 4 is 17.4 Å². The third kappa shape index (κ3) is 2.33. The van der Waals surface area contributed by atoms with Crippen LogP contribution in [0.1, 0.15) is 23.4 Å². The Balaban J connectivity index is 1.85. The second kappa shape index (κ2) is 5.94. The van der Waals surface area contributed by atoms with Gasteiger partial charge in [-0.25, -0.2) is 9.78 Å². The lowest BCUT2D eigenvalue weighted by molar-refractivity contribution is 0.121. The van der Waals surface area contributed by atoms with Gasteiger partial charge in [-0.1, -0.05) is 30.3 Å². The number of hydrogen-bond donors (Lipinski definition) is 2. The number of piperidine rings is 1. The standard InChI is InChI=1S/C17H20N4OS/c22-16-20-12-17(15-19-10-11-23-15,13-4-2-1-3-5-13)21(16)14-6-8-18-9-7-14/h1-5,10-11,14,18H,6-9,12H2,(H,20,22)/t17-/m0/s1. The highest BCUT2D eigenvalue weighted by molar-refractivity contribution is 7.09. The van der Waals surface area contributed by atoms with Crippen molar-refractivity contribution in [1.82, 2.24) is 20.5 Å². The Kier molecular flexibility index (Phi) is 3.79. The Morgan fingerprint density at radius 2 is 2.00 bits per heavy atom. The van der Waals surface area contributed by atoms with Crippen LogP contribution in [-0.4, -0.2) is 41.6 Å². The molecule has 2 amide bonds. The molecular formula is C17H20N4OS. The van der Waals surface area contributed by atoms with Crippen LogP contribution in [0.4, 0.5) is 4.79 Å². The SMILES string of the molecule is O=C1NC[C@](c2ccccc2)(c2nccs2)N1C1CCNCC1. The molecule has 0 spiro atoms. The van der Waals surface area contributed by atoms with Crippen LogP contribution in [0.2, 0.25) is 0 Å². The summed E-state index contributed by atoms with van der Waals surface area (Å²) < 4.78 is 0. The number of urea groups is 1.